The number of carbonyl (C=O) groups excluding carboxylic acids is 8. The Bertz CT molecular complexity index is 3010. The third-order valence-corrected chi connectivity index (χ3v) is 17.3. The molecule has 462 valence electrons. The molecule has 0 aliphatic carbocycles. The Balaban J connectivity index is 1.47. The predicted octanol–water partition coefficient (Wildman–Crippen LogP) is 5.11. The molecule has 7 unspecified atom stereocenters. The lowest BCUT2D eigenvalue weighted by Crippen LogP contribution is -2.63. The first-order valence-electron chi connectivity index (χ1n) is 29.9. The Kier molecular flexibility index (Phi) is 23.0. The summed E-state index contributed by atoms with van der Waals surface area (Å²) in [6.07, 6.45) is 0.241. The summed E-state index contributed by atoms with van der Waals surface area (Å²) < 4.78 is 6.07. The molecule has 1 aromatic heterocycles. The number of aliphatic hydroxyl groups is 2. The van der Waals surface area contributed by atoms with Gasteiger partial charge in [0.2, 0.25) is 35.4 Å². The van der Waals surface area contributed by atoms with E-state index in [4.69, 9.17) is 4.74 Å². The maximum atomic E-state index is 15.6. The van der Waals surface area contributed by atoms with Crippen LogP contribution in [0, 0.1) is 17.8 Å². The van der Waals surface area contributed by atoms with E-state index in [1.54, 1.807) is 51.2 Å². The van der Waals surface area contributed by atoms with Crippen LogP contribution in [-0.4, -0.2) is 188 Å². The lowest BCUT2D eigenvalue weighted by atomic mass is 9.94. The minimum Gasteiger partial charge on any atom is -0.451 e. The Morgan fingerprint density at radius 2 is 1.28 bits per heavy atom. The Morgan fingerprint density at radius 3 is 1.92 bits per heavy atom. The maximum Gasteiger partial charge on any atom is 0.327 e. The number of ether oxygens (including phenoxy) is 1. The largest absolute Gasteiger partial charge is 0.451 e. The number of aromatic nitrogens is 1. The predicted molar refractivity (Wildman–Crippen MR) is 325 cm³/mol. The zero-order chi connectivity index (χ0) is 62.8. The summed E-state index contributed by atoms with van der Waals surface area (Å²) in [6.45, 7) is 16.8. The highest BCUT2D eigenvalue weighted by atomic mass is 16.6. The average Bonchev–Trinajstić information content (AvgIpc) is 4.24. The number of likely N-dealkylation sites (N-methyl/N-ethyl adjacent to an activating group) is 4. The number of amides is 7. The van der Waals surface area contributed by atoms with Crippen LogP contribution in [-0.2, 0) is 55.9 Å². The number of para-hydroxylation sites is 1. The standard InChI is InChI=1S/C65H91N9O11/c1-15-39(5)53-62(81)70(11)41(7)56(75)67-49(32-38(3)4)60(79)73(14)55(65(9,10)84)64(83)85-54(40(6)16-2)63(82)71(12)42(8)57(76)68-50(34-43-24-18-17-19-25-43)59(78)72(13)52(61(80)74-31-23-30-51(74)58(77)69-53)35-44-26-22-28-45(33-44)47-36-46-27-20-21-29-48(46)66-37-47/h17-22,24-29,33,36-42,49-55,60,79,84H,15-16,23,30-32,34-35H2,1-14H3,(H,67,75)(H,68,76)(H,69,77)/t39?,40-,41+,42+,49?,50?,51+,52+,53?,54?,55?,60?/m1/s1. The number of hydrogen-bond acceptors (Lipinski definition) is 13. The summed E-state index contributed by atoms with van der Waals surface area (Å²) in [5.74, 6) is -6.77. The molecule has 2 fully saturated rings. The van der Waals surface area contributed by atoms with Gasteiger partial charge < -0.3 is 50.5 Å². The highest BCUT2D eigenvalue weighted by molar-refractivity contribution is 5.98. The van der Waals surface area contributed by atoms with Crippen molar-refractivity contribution in [2.75, 3.05) is 34.7 Å². The number of nitrogens with zero attached hydrogens (tertiary/aromatic N) is 6. The number of hydrogen-bond donors (Lipinski definition) is 5. The van der Waals surface area contributed by atoms with Crippen LogP contribution in [0.15, 0.2) is 91.1 Å². The van der Waals surface area contributed by atoms with Gasteiger partial charge in [-0.05, 0) is 101 Å². The second kappa shape index (κ2) is 29.2. The molecule has 5 N–H and O–H groups in total. The second-order valence-corrected chi connectivity index (χ2v) is 24.5. The average molecular weight is 1170 g/mol. The van der Waals surface area contributed by atoms with Crippen molar-refractivity contribution >= 4 is 58.2 Å². The van der Waals surface area contributed by atoms with E-state index in [0.29, 0.717) is 30.4 Å². The Morgan fingerprint density at radius 1 is 0.671 bits per heavy atom. The molecular formula is C65H91N9O11. The van der Waals surface area contributed by atoms with Gasteiger partial charge in [-0.2, -0.15) is 0 Å². The van der Waals surface area contributed by atoms with Gasteiger partial charge in [-0.15, -0.1) is 0 Å². The van der Waals surface area contributed by atoms with Crippen LogP contribution >= 0.6 is 0 Å². The van der Waals surface area contributed by atoms with Crippen molar-refractivity contribution < 1.29 is 53.3 Å². The minimum absolute atomic E-state index is 0.0198. The molecule has 0 radical (unpaired) electrons. The van der Waals surface area contributed by atoms with E-state index in [9.17, 15) is 39.0 Å². The molecule has 0 spiro atoms. The molecule has 2 saturated heterocycles. The van der Waals surface area contributed by atoms with Gasteiger partial charge in [0.05, 0.1) is 17.2 Å². The zero-order valence-electron chi connectivity index (χ0n) is 52.1. The molecule has 12 atom stereocenters. The molecule has 85 heavy (non-hydrogen) atoms. The molecule has 0 saturated carbocycles. The number of rotatable bonds is 12. The van der Waals surface area contributed by atoms with Crippen molar-refractivity contribution in [3.05, 3.63) is 102 Å². The number of nitrogens with one attached hydrogen (secondary N) is 3. The van der Waals surface area contributed by atoms with Gasteiger partial charge in [0.25, 0.3) is 5.91 Å². The molecule has 20 nitrogen and oxygen atoms in total. The fourth-order valence-corrected chi connectivity index (χ4v) is 11.3. The topological polar surface area (TPSA) is 251 Å². The summed E-state index contributed by atoms with van der Waals surface area (Å²) in [5.41, 5.74) is 1.91. The van der Waals surface area contributed by atoms with Crippen molar-refractivity contribution in [2.45, 2.75) is 180 Å². The van der Waals surface area contributed by atoms with Gasteiger partial charge in [0.1, 0.15) is 48.5 Å². The van der Waals surface area contributed by atoms with Crippen molar-refractivity contribution in [1.29, 1.82) is 0 Å². The number of aliphatic hydroxyl groups excluding tert-OH is 1. The Labute approximate surface area is 501 Å². The molecular weight excluding hydrogens is 1080 g/mol. The van der Waals surface area contributed by atoms with Crippen LogP contribution in [0.2, 0.25) is 0 Å². The summed E-state index contributed by atoms with van der Waals surface area (Å²) in [5, 5.41) is 33.5. The third kappa shape index (κ3) is 16.2. The summed E-state index contributed by atoms with van der Waals surface area (Å²) >= 11 is 0. The van der Waals surface area contributed by atoms with Gasteiger partial charge in [-0.1, -0.05) is 121 Å². The summed E-state index contributed by atoms with van der Waals surface area (Å²) in [7, 11) is 5.70. The van der Waals surface area contributed by atoms with Crippen LogP contribution < -0.4 is 16.0 Å². The van der Waals surface area contributed by atoms with Gasteiger partial charge in [-0.3, -0.25) is 48.2 Å². The minimum atomic E-state index is -1.91. The van der Waals surface area contributed by atoms with Gasteiger partial charge in [-0.25, -0.2) is 0 Å². The van der Waals surface area contributed by atoms with Crippen LogP contribution in [0.3, 0.4) is 0 Å². The van der Waals surface area contributed by atoms with E-state index in [-0.39, 0.29) is 38.1 Å². The SMILES string of the molecule is CCC(C)C1NC(=O)[C@@H]2CCCN2C(=O)[C@H](Cc2cccc(-c3cnc4ccccc4c3)c2)N(C)C(=O)C(Cc2ccccc2)NC(=O)[C@H](C)N(C)C(=O)C([C@H](C)CC)OC(=O)C(C(C)(C)O)N(C)C(O)C(CC(C)C)NC(=O)[C@H](C)N(C)C1=O. The first-order chi connectivity index (χ1) is 40.1. The van der Waals surface area contributed by atoms with Crippen LogP contribution in [0.5, 0.6) is 0 Å². The van der Waals surface area contributed by atoms with E-state index >= 15 is 9.59 Å². The summed E-state index contributed by atoms with van der Waals surface area (Å²) in [6, 6.07) is 16.4. The highest BCUT2D eigenvalue weighted by Gasteiger charge is 2.47. The van der Waals surface area contributed by atoms with E-state index in [2.05, 4.69) is 20.9 Å². The molecule has 3 heterocycles. The molecule has 2 aliphatic heterocycles. The van der Waals surface area contributed by atoms with Crippen molar-refractivity contribution in [3.8, 4) is 11.1 Å². The first-order valence-corrected chi connectivity index (χ1v) is 29.9. The van der Waals surface area contributed by atoms with Crippen LogP contribution in [0.4, 0.5) is 0 Å². The van der Waals surface area contributed by atoms with Crippen molar-refractivity contribution in [3.63, 3.8) is 0 Å². The fourth-order valence-electron chi connectivity index (χ4n) is 11.3. The smallest absolute Gasteiger partial charge is 0.327 e. The Hall–Kier alpha value is -7.29. The number of esters is 1. The highest BCUT2D eigenvalue weighted by Crippen LogP contribution is 2.29. The number of benzene rings is 3. The zero-order valence-corrected chi connectivity index (χ0v) is 52.1. The maximum absolute atomic E-state index is 15.6. The number of cyclic esters (lactones) is 1. The monoisotopic (exact) mass is 1170 g/mol. The van der Waals surface area contributed by atoms with Crippen molar-refractivity contribution in [1.82, 2.24) is 45.4 Å². The van der Waals surface area contributed by atoms with E-state index in [0.717, 1.165) is 26.9 Å². The molecule has 2 aliphatic rings. The molecule has 20 heteroatoms. The quantitative estimate of drug-likeness (QED) is 0.116. The van der Waals surface area contributed by atoms with Gasteiger partial charge >= 0.3 is 5.97 Å². The third-order valence-electron chi connectivity index (χ3n) is 17.3. The second-order valence-electron chi connectivity index (χ2n) is 24.5. The molecule has 3 aromatic carbocycles. The van der Waals surface area contributed by atoms with Gasteiger partial charge in [0, 0.05) is 63.6 Å². The number of fused-ring (bicyclic) bond motifs is 2. The lowest BCUT2D eigenvalue weighted by Gasteiger charge is -2.41. The summed E-state index contributed by atoms with van der Waals surface area (Å²) in [4.78, 5) is 130. The lowest BCUT2D eigenvalue weighted by molar-refractivity contribution is -0.181. The van der Waals surface area contributed by atoms with E-state index in [1.165, 1.54) is 75.5 Å². The van der Waals surface area contributed by atoms with Crippen molar-refractivity contribution in [2.24, 2.45) is 17.8 Å². The van der Waals surface area contributed by atoms with Crippen LogP contribution in [0.1, 0.15) is 112 Å². The molecule has 0 bridgehead atoms. The van der Waals surface area contributed by atoms with E-state index in [1.807, 2.05) is 81.4 Å². The molecule has 4 aromatic rings. The first kappa shape index (κ1) is 66.8. The normalized spacial score (nSPS) is 26.4. The number of pyridine rings is 1. The van der Waals surface area contributed by atoms with Gasteiger partial charge in [0.15, 0.2) is 6.10 Å². The van der Waals surface area contributed by atoms with Crippen LogP contribution in [0.25, 0.3) is 22.0 Å². The molecule has 7 amide bonds. The fraction of sp³-hybridized carbons (Fsp3) is 0.554. The number of carbonyl (C=O) groups is 8. The van der Waals surface area contributed by atoms with E-state index < -0.39 is 125 Å². The molecule has 6 rings (SSSR count).